The van der Waals surface area contributed by atoms with Crippen LogP contribution in [0.2, 0.25) is 0 Å². The summed E-state index contributed by atoms with van der Waals surface area (Å²) in [5, 5.41) is 11.6. The summed E-state index contributed by atoms with van der Waals surface area (Å²) in [6.45, 7) is 4.25. The molecule has 0 saturated heterocycles. The van der Waals surface area contributed by atoms with Gasteiger partial charge in [0, 0.05) is 29.3 Å². The van der Waals surface area contributed by atoms with E-state index in [-0.39, 0.29) is 17.3 Å². The molecule has 2 aliphatic heterocycles. The van der Waals surface area contributed by atoms with Crippen LogP contribution in [0.15, 0.2) is 12.4 Å². The number of nitrogens with zero attached hydrogens (tertiary/aromatic N) is 4. The second-order valence-corrected chi connectivity index (χ2v) is 11.6. The first-order chi connectivity index (χ1) is 13.8. The van der Waals surface area contributed by atoms with E-state index in [1.54, 1.807) is 0 Å². The van der Waals surface area contributed by atoms with Gasteiger partial charge in [-0.25, -0.2) is 8.42 Å². The molecule has 1 fully saturated rings. The first-order valence-corrected chi connectivity index (χ1v) is 12.4. The first-order valence-electron chi connectivity index (χ1n) is 10.9. The molecule has 2 aromatic rings. The van der Waals surface area contributed by atoms with Gasteiger partial charge in [0.05, 0.1) is 35.4 Å². The molecular formula is C21H31N5O2S. The Morgan fingerprint density at radius 2 is 1.69 bits per heavy atom. The van der Waals surface area contributed by atoms with Gasteiger partial charge in [-0.05, 0) is 12.8 Å². The maximum Gasteiger partial charge on any atom is 0.218 e. The fraction of sp³-hybridized carbons (Fsp3) is 0.714. The van der Waals surface area contributed by atoms with E-state index in [1.165, 1.54) is 12.8 Å². The van der Waals surface area contributed by atoms with Crippen molar-refractivity contribution in [3.8, 4) is 0 Å². The van der Waals surface area contributed by atoms with Gasteiger partial charge in [-0.1, -0.05) is 52.4 Å². The summed E-state index contributed by atoms with van der Waals surface area (Å²) < 4.78 is 32.0. The summed E-state index contributed by atoms with van der Waals surface area (Å²) in [6.07, 6.45) is 11.9. The molecule has 3 aliphatic rings. The lowest BCUT2D eigenvalue weighted by molar-refractivity contribution is 0.187. The van der Waals surface area contributed by atoms with Crippen LogP contribution in [0.3, 0.4) is 0 Å². The van der Waals surface area contributed by atoms with Gasteiger partial charge in [0.1, 0.15) is 0 Å². The Kier molecular flexibility index (Phi) is 4.44. The average molecular weight is 418 g/mol. The second kappa shape index (κ2) is 6.67. The molecule has 2 atom stereocenters. The number of aromatic amines is 1. The van der Waals surface area contributed by atoms with Crippen LogP contribution in [0.25, 0.3) is 0 Å². The number of hydrogen-bond acceptors (Lipinski definition) is 4. The number of aromatic nitrogens is 4. The number of sulfonamides is 1. The van der Waals surface area contributed by atoms with Crippen molar-refractivity contribution in [2.45, 2.75) is 88.0 Å². The zero-order valence-electron chi connectivity index (χ0n) is 17.6. The van der Waals surface area contributed by atoms with Crippen LogP contribution in [0.5, 0.6) is 0 Å². The SMILES string of the molecule is Cn1ncc2c1C1N(S(=O)(=O)C3CCCCCCCC3)C2c2cn[nH]c2C1(C)C. The highest BCUT2D eigenvalue weighted by atomic mass is 32.2. The van der Waals surface area contributed by atoms with Crippen LogP contribution >= 0.6 is 0 Å². The van der Waals surface area contributed by atoms with Crippen molar-refractivity contribution in [3.05, 3.63) is 34.9 Å². The summed E-state index contributed by atoms with van der Waals surface area (Å²) >= 11 is 0. The highest BCUT2D eigenvalue weighted by Gasteiger charge is 2.60. The molecular weight excluding hydrogens is 386 g/mol. The number of nitrogens with one attached hydrogen (secondary N) is 1. The predicted octanol–water partition coefficient (Wildman–Crippen LogP) is 3.71. The molecule has 1 saturated carbocycles. The van der Waals surface area contributed by atoms with E-state index in [0.717, 1.165) is 61.0 Å². The van der Waals surface area contributed by atoms with E-state index in [4.69, 9.17) is 0 Å². The summed E-state index contributed by atoms with van der Waals surface area (Å²) in [5.41, 5.74) is 3.65. The molecule has 8 heteroatoms. The van der Waals surface area contributed by atoms with E-state index in [0.29, 0.717) is 0 Å². The third-order valence-corrected chi connectivity index (χ3v) is 9.71. The minimum Gasteiger partial charge on any atom is -0.282 e. The largest absolute Gasteiger partial charge is 0.282 e. The van der Waals surface area contributed by atoms with Crippen LogP contribution in [0, 0.1) is 0 Å². The summed E-state index contributed by atoms with van der Waals surface area (Å²) in [6, 6.07) is -0.580. The van der Waals surface area contributed by atoms with Gasteiger partial charge in [0.2, 0.25) is 10.0 Å². The lowest BCUT2D eigenvalue weighted by Crippen LogP contribution is -2.49. The zero-order valence-corrected chi connectivity index (χ0v) is 18.4. The molecule has 0 amide bonds. The number of H-pyrrole nitrogens is 1. The van der Waals surface area contributed by atoms with E-state index in [9.17, 15) is 8.42 Å². The molecule has 5 rings (SSSR count). The van der Waals surface area contributed by atoms with Gasteiger partial charge in [-0.3, -0.25) is 9.78 Å². The van der Waals surface area contributed by atoms with Gasteiger partial charge < -0.3 is 0 Å². The Morgan fingerprint density at radius 1 is 1.03 bits per heavy atom. The van der Waals surface area contributed by atoms with Gasteiger partial charge >= 0.3 is 0 Å². The zero-order chi connectivity index (χ0) is 20.4. The molecule has 4 heterocycles. The van der Waals surface area contributed by atoms with Gasteiger partial charge in [0.25, 0.3) is 0 Å². The summed E-state index contributed by atoms with van der Waals surface area (Å²) in [5.74, 6) is 0. The monoisotopic (exact) mass is 417 g/mol. The summed E-state index contributed by atoms with van der Waals surface area (Å²) in [7, 11) is -1.55. The van der Waals surface area contributed by atoms with Gasteiger partial charge in [0.15, 0.2) is 0 Å². The van der Waals surface area contributed by atoms with Gasteiger partial charge in [-0.2, -0.15) is 14.5 Å². The Balaban J connectivity index is 1.64. The maximum atomic E-state index is 14.1. The van der Waals surface area contributed by atoms with Crippen molar-refractivity contribution in [1.82, 2.24) is 24.3 Å². The van der Waals surface area contributed by atoms with E-state index >= 15 is 0 Å². The normalized spacial score (nSPS) is 27.7. The average Bonchev–Trinajstić information content (AvgIpc) is 3.37. The lowest BCUT2D eigenvalue weighted by Gasteiger charge is -2.45. The van der Waals surface area contributed by atoms with E-state index in [2.05, 4.69) is 29.1 Å². The maximum absolute atomic E-state index is 14.1. The van der Waals surface area contributed by atoms with Crippen LogP contribution in [-0.2, 0) is 22.5 Å². The topological polar surface area (TPSA) is 83.9 Å². The fourth-order valence-corrected chi connectivity index (χ4v) is 8.35. The Hall–Kier alpha value is -1.67. The molecule has 2 unspecified atom stereocenters. The molecule has 29 heavy (non-hydrogen) atoms. The smallest absolute Gasteiger partial charge is 0.218 e. The molecule has 1 N–H and O–H groups in total. The number of hydrogen-bond donors (Lipinski definition) is 1. The third-order valence-electron chi connectivity index (χ3n) is 7.39. The van der Waals surface area contributed by atoms with Crippen LogP contribution in [0.4, 0.5) is 0 Å². The van der Waals surface area contributed by atoms with E-state index < -0.39 is 15.4 Å². The lowest BCUT2D eigenvalue weighted by atomic mass is 9.77. The highest BCUT2D eigenvalue weighted by molar-refractivity contribution is 7.89. The third kappa shape index (κ3) is 2.68. The minimum absolute atomic E-state index is 0.263. The molecule has 0 radical (unpaired) electrons. The molecule has 2 bridgehead atoms. The van der Waals surface area contributed by atoms with Crippen LogP contribution in [0.1, 0.15) is 99.8 Å². The summed E-state index contributed by atoms with van der Waals surface area (Å²) in [4.78, 5) is 0. The van der Waals surface area contributed by atoms with Crippen LogP contribution in [-0.4, -0.2) is 38.0 Å². The Labute approximate surface area is 172 Å². The predicted molar refractivity (Wildman–Crippen MR) is 111 cm³/mol. The first kappa shape index (κ1) is 19.3. The quantitative estimate of drug-likeness (QED) is 0.807. The molecule has 158 valence electrons. The fourth-order valence-electron chi connectivity index (χ4n) is 5.90. The standard InChI is InChI=1S/C21H31N5O2S/c1-21(2)19-16(12-22-24-19)17-15-13-23-25(3)18(15)20(21)26(17)29(27,28)14-10-8-6-4-5-7-9-11-14/h12-14,17,20H,4-11H2,1-3H3,(H,22,24). The number of aryl methyl sites for hydroxylation is 1. The van der Waals surface area contributed by atoms with Crippen molar-refractivity contribution < 1.29 is 8.42 Å². The number of fused-ring (bicyclic) bond motifs is 7. The molecule has 0 spiro atoms. The molecule has 2 aromatic heterocycles. The van der Waals surface area contributed by atoms with Gasteiger partial charge in [-0.15, -0.1) is 0 Å². The van der Waals surface area contributed by atoms with Crippen molar-refractivity contribution >= 4 is 10.0 Å². The van der Waals surface area contributed by atoms with Crippen LogP contribution < -0.4 is 0 Å². The van der Waals surface area contributed by atoms with Crippen molar-refractivity contribution in [3.63, 3.8) is 0 Å². The van der Waals surface area contributed by atoms with Crippen molar-refractivity contribution in [2.24, 2.45) is 7.05 Å². The molecule has 1 aliphatic carbocycles. The Bertz CT molecular complexity index is 1010. The number of rotatable bonds is 2. The Morgan fingerprint density at radius 3 is 2.38 bits per heavy atom. The molecule has 0 aromatic carbocycles. The molecule has 7 nitrogen and oxygen atoms in total. The highest BCUT2D eigenvalue weighted by Crippen LogP contribution is 2.60. The van der Waals surface area contributed by atoms with E-state index in [1.807, 2.05) is 28.4 Å². The minimum atomic E-state index is -3.47. The van der Waals surface area contributed by atoms with Crippen molar-refractivity contribution in [1.29, 1.82) is 0 Å². The second-order valence-electron chi connectivity index (χ2n) is 9.53. The van der Waals surface area contributed by atoms with Crippen molar-refractivity contribution in [2.75, 3.05) is 0 Å².